The predicted octanol–water partition coefficient (Wildman–Crippen LogP) is 6.14. The van der Waals surface area contributed by atoms with Crippen molar-refractivity contribution in [1.82, 2.24) is 0 Å². The first-order valence-electron chi connectivity index (χ1n) is 8.09. The molecule has 0 saturated heterocycles. The Hall–Kier alpha value is -2.80. The average molecular weight is 296 g/mol. The van der Waals surface area contributed by atoms with Crippen LogP contribution in [0.1, 0.15) is 6.92 Å². The SMILES string of the molecule is CCOc1ccc2cccc3c4cccc5cccc(c1c23)c54. The van der Waals surface area contributed by atoms with Crippen LogP contribution in [0.4, 0.5) is 0 Å². The fourth-order valence-electron chi connectivity index (χ4n) is 3.90. The van der Waals surface area contributed by atoms with Crippen LogP contribution in [-0.4, -0.2) is 6.61 Å². The van der Waals surface area contributed by atoms with Crippen LogP contribution in [0.25, 0.3) is 43.1 Å². The third-order valence-electron chi connectivity index (χ3n) is 4.77. The van der Waals surface area contributed by atoms with Gasteiger partial charge in [0.15, 0.2) is 0 Å². The Morgan fingerprint density at radius 2 is 1.22 bits per heavy atom. The van der Waals surface area contributed by atoms with Crippen molar-refractivity contribution in [1.29, 1.82) is 0 Å². The second-order valence-corrected chi connectivity index (χ2v) is 5.98. The molecule has 23 heavy (non-hydrogen) atoms. The Morgan fingerprint density at radius 1 is 0.609 bits per heavy atom. The number of rotatable bonds is 2. The molecule has 5 aromatic carbocycles. The van der Waals surface area contributed by atoms with Crippen LogP contribution in [0.2, 0.25) is 0 Å². The summed E-state index contributed by atoms with van der Waals surface area (Å²) in [6.45, 7) is 2.72. The lowest BCUT2D eigenvalue weighted by molar-refractivity contribution is 0.344. The molecule has 0 aliphatic rings. The van der Waals surface area contributed by atoms with Gasteiger partial charge in [-0.2, -0.15) is 0 Å². The summed E-state index contributed by atoms with van der Waals surface area (Å²) in [5.41, 5.74) is 0. The van der Waals surface area contributed by atoms with Crippen molar-refractivity contribution in [2.45, 2.75) is 6.92 Å². The van der Waals surface area contributed by atoms with Gasteiger partial charge in [0.25, 0.3) is 0 Å². The number of benzene rings is 5. The average Bonchev–Trinajstić information content (AvgIpc) is 2.60. The van der Waals surface area contributed by atoms with Crippen LogP contribution < -0.4 is 4.74 Å². The van der Waals surface area contributed by atoms with E-state index in [1.54, 1.807) is 0 Å². The first kappa shape index (κ1) is 12.7. The van der Waals surface area contributed by atoms with Gasteiger partial charge < -0.3 is 4.74 Å². The van der Waals surface area contributed by atoms with E-state index in [-0.39, 0.29) is 0 Å². The van der Waals surface area contributed by atoms with Crippen molar-refractivity contribution in [2.24, 2.45) is 0 Å². The summed E-state index contributed by atoms with van der Waals surface area (Å²) in [7, 11) is 0. The lowest BCUT2D eigenvalue weighted by Crippen LogP contribution is -1.94. The monoisotopic (exact) mass is 296 g/mol. The maximum atomic E-state index is 5.97. The van der Waals surface area contributed by atoms with E-state index in [4.69, 9.17) is 4.74 Å². The largest absolute Gasteiger partial charge is 0.493 e. The second kappa shape index (κ2) is 4.60. The zero-order chi connectivity index (χ0) is 15.4. The van der Waals surface area contributed by atoms with Gasteiger partial charge in [0, 0.05) is 10.8 Å². The van der Waals surface area contributed by atoms with E-state index < -0.39 is 0 Å². The van der Waals surface area contributed by atoms with Crippen LogP contribution in [-0.2, 0) is 0 Å². The van der Waals surface area contributed by atoms with Crippen LogP contribution in [0.3, 0.4) is 0 Å². The Bertz CT molecular complexity index is 1170. The molecule has 0 atom stereocenters. The third kappa shape index (κ3) is 1.62. The van der Waals surface area contributed by atoms with Crippen molar-refractivity contribution in [3.8, 4) is 5.75 Å². The molecule has 0 fully saturated rings. The van der Waals surface area contributed by atoms with Crippen LogP contribution >= 0.6 is 0 Å². The van der Waals surface area contributed by atoms with Gasteiger partial charge in [-0.15, -0.1) is 0 Å². The minimum Gasteiger partial charge on any atom is -0.493 e. The van der Waals surface area contributed by atoms with E-state index in [2.05, 4.69) is 66.7 Å². The Labute approximate surface area is 134 Å². The smallest absolute Gasteiger partial charge is 0.127 e. The first-order valence-corrected chi connectivity index (χ1v) is 8.09. The maximum absolute atomic E-state index is 5.97. The van der Waals surface area contributed by atoms with E-state index in [0.29, 0.717) is 6.61 Å². The van der Waals surface area contributed by atoms with E-state index in [1.165, 1.54) is 43.1 Å². The molecule has 5 rings (SSSR count). The summed E-state index contributed by atoms with van der Waals surface area (Å²) in [5.74, 6) is 0.981. The zero-order valence-corrected chi connectivity index (χ0v) is 13.0. The Morgan fingerprint density at radius 3 is 1.91 bits per heavy atom. The van der Waals surface area contributed by atoms with Crippen molar-refractivity contribution in [3.63, 3.8) is 0 Å². The molecule has 1 heteroatoms. The quantitative estimate of drug-likeness (QED) is 0.281. The van der Waals surface area contributed by atoms with Gasteiger partial charge in [0.05, 0.1) is 6.61 Å². The molecule has 0 N–H and O–H groups in total. The summed E-state index contributed by atoms with van der Waals surface area (Å²) in [6.07, 6.45) is 0. The Kier molecular flexibility index (Phi) is 2.54. The normalized spacial score (nSPS) is 11.9. The summed E-state index contributed by atoms with van der Waals surface area (Å²) in [6, 6.07) is 24.0. The van der Waals surface area contributed by atoms with Crippen LogP contribution in [0.5, 0.6) is 5.75 Å². The van der Waals surface area contributed by atoms with Gasteiger partial charge in [0.2, 0.25) is 0 Å². The molecule has 1 nitrogen and oxygen atoms in total. The van der Waals surface area contributed by atoms with E-state index in [9.17, 15) is 0 Å². The highest BCUT2D eigenvalue weighted by Gasteiger charge is 2.15. The molecule has 0 unspecified atom stereocenters. The minimum atomic E-state index is 0.679. The molecule has 0 spiro atoms. The highest BCUT2D eigenvalue weighted by Crippen LogP contribution is 2.43. The molecule has 110 valence electrons. The molecule has 0 radical (unpaired) electrons. The van der Waals surface area contributed by atoms with Crippen molar-refractivity contribution >= 4 is 43.1 Å². The molecule has 0 bridgehead atoms. The Balaban J connectivity index is 2.20. The summed E-state index contributed by atoms with van der Waals surface area (Å²) >= 11 is 0. The zero-order valence-electron chi connectivity index (χ0n) is 13.0. The molecular weight excluding hydrogens is 280 g/mol. The van der Waals surface area contributed by atoms with Gasteiger partial charge in [-0.3, -0.25) is 0 Å². The van der Waals surface area contributed by atoms with Crippen molar-refractivity contribution in [3.05, 3.63) is 66.7 Å². The molecule has 0 aliphatic carbocycles. The number of hydrogen-bond acceptors (Lipinski definition) is 1. The van der Waals surface area contributed by atoms with Gasteiger partial charge in [-0.1, -0.05) is 60.7 Å². The van der Waals surface area contributed by atoms with Crippen LogP contribution in [0, 0.1) is 0 Å². The number of fused-ring (bicyclic) bond motifs is 2. The van der Waals surface area contributed by atoms with Crippen molar-refractivity contribution in [2.75, 3.05) is 6.61 Å². The standard InChI is InChI=1S/C22H16O/c1-2-23-19-13-12-15-8-4-10-17-16-9-3-6-14-7-5-11-18(20(14)16)22(19)21(15)17/h3-13H,2H2,1H3. The topological polar surface area (TPSA) is 9.23 Å². The highest BCUT2D eigenvalue weighted by atomic mass is 16.5. The summed E-state index contributed by atoms with van der Waals surface area (Å²) < 4.78 is 5.97. The minimum absolute atomic E-state index is 0.679. The lowest BCUT2D eigenvalue weighted by Gasteiger charge is -2.17. The molecule has 0 amide bonds. The molecule has 0 aromatic heterocycles. The molecule has 0 heterocycles. The van der Waals surface area contributed by atoms with Gasteiger partial charge in [-0.25, -0.2) is 0 Å². The fraction of sp³-hybridized carbons (Fsp3) is 0.0909. The molecular formula is C22H16O. The second-order valence-electron chi connectivity index (χ2n) is 5.98. The molecule has 5 aromatic rings. The van der Waals surface area contributed by atoms with Gasteiger partial charge in [0.1, 0.15) is 5.75 Å². The molecule has 0 saturated carbocycles. The third-order valence-corrected chi connectivity index (χ3v) is 4.77. The summed E-state index contributed by atoms with van der Waals surface area (Å²) in [4.78, 5) is 0. The predicted molar refractivity (Wildman–Crippen MR) is 98.8 cm³/mol. The summed E-state index contributed by atoms with van der Waals surface area (Å²) in [5, 5.41) is 10.4. The van der Waals surface area contributed by atoms with Crippen molar-refractivity contribution < 1.29 is 4.74 Å². The first-order chi connectivity index (χ1) is 11.4. The number of hydrogen-bond donors (Lipinski definition) is 0. The highest BCUT2D eigenvalue weighted by molar-refractivity contribution is 6.34. The van der Waals surface area contributed by atoms with Crippen LogP contribution in [0.15, 0.2) is 66.7 Å². The lowest BCUT2D eigenvalue weighted by atomic mass is 9.89. The van der Waals surface area contributed by atoms with E-state index >= 15 is 0 Å². The van der Waals surface area contributed by atoms with Gasteiger partial charge in [-0.05, 0) is 45.3 Å². The van der Waals surface area contributed by atoms with E-state index in [0.717, 1.165) is 5.75 Å². The van der Waals surface area contributed by atoms with E-state index in [1.807, 2.05) is 6.92 Å². The van der Waals surface area contributed by atoms with Gasteiger partial charge >= 0.3 is 0 Å². The molecule has 0 aliphatic heterocycles. The fourth-order valence-corrected chi connectivity index (χ4v) is 3.90. The maximum Gasteiger partial charge on any atom is 0.127 e. The number of ether oxygens (including phenoxy) is 1.